The maximum atomic E-state index is 13.0. The molecule has 0 aliphatic carbocycles. The molecule has 1 N–H and O–H groups in total. The lowest BCUT2D eigenvalue weighted by atomic mass is 10.0. The van der Waals surface area contributed by atoms with Crippen LogP contribution >= 0.6 is 15.9 Å². The standard InChI is InChI=1S/C27H22BrN3O6/c1-3-30-21-11-7-16(28)13-19(21)20-14-17(8-12-22(20)30)29-24-23(26(32)36-4-2)25(37-27(24)33)15-5-9-18(10-6-15)31(34)35/h5-14,25,29H,3-4H2,1-2H3. The molecule has 1 aliphatic rings. The van der Waals surface area contributed by atoms with E-state index >= 15 is 0 Å². The summed E-state index contributed by atoms with van der Waals surface area (Å²) in [7, 11) is 0. The zero-order valence-corrected chi connectivity index (χ0v) is 21.6. The topological polar surface area (TPSA) is 113 Å². The summed E-state index contributed by atoms with van der Waals surface area (Å²) < 4.78 is 13.9. The Morgan fingerprint density at radius 3 is 2.41 bits per heavy atom. The molecule has 0 saturated heterocycles. The van der Waals surface area contributed by atoms with Crippen molar-refractivity contribution in [3.63, 3.8) is 0 Å². The van der Waals surface area contributed by atoms with Gasteiger partial charge in [-0.25, -0.2) is 9.59 Å². The van der Waals surface area contributed by atoms with Gasteiger partial charge in [-0.15, -0.1) is 0 Å². The highest BCUT2D eigenvalue weighted by Gasteiger charge is 2.40. The lowest BCUT2D eigenvalue weighted by Crippen LogP contribution is -2.16. The largest absolute Gasteiger partial charge is 0.462 e. The van der Waals surface area contributed by atoms with Gasteiger partial charge >= 0.3 is 11.9 Å². The first-order valence-corrected chi connectivity index (χ1v) is 12.5. The number of non-ortho nitro benzene ring substituents is 1. The molecule has 2 heterocycles. The third kappa shape index (κ3) is 4.33. The van der Waals surface area contributed by atoms with E-state index in [0.717, 1.165) is 32.8 Å². The number of halogens is 1. The van der Waals surface area contributed by atoms with Crippen molar-refractivity contribution >= 4 is 61.0 Å². The highest BCUT2D eigenvalue weighted by molar-refractivity contribution is 9.10. The molecule has 37 heavy (non-hydrogen) atoms. The summed E-state index contributed by atoms with van der Waals surface area (Å²) in [6.45, 7) is 4.64. The maximum Gasteiger partial charge on any atom is 0.356 e. The van der Waals surface area contributed by atoms with Crippen molar-refractivity contribution in [1.29, 1.82) is 0 Å². The number of cyclic esters (lactones) is 1. The van der Waals surface area contributed by atoms with Crippen molar-refractivity contribution < 1.29 is 24.0 Å². The Bertz CT molecular complexity index is 1610. The monoisotopic (exact) mass is 563 g/mol. The van der Waals surface area contributed by atoms with Gasteiger partial charge in [0, 0.05) is 50.6 Å². The van der Waals surface area contributed by atoms with Gasteiger partial charge in [-0.05, 0) is 67.9 Å². The van der Waals surface area contributed by atoms with E-state index in [1.54, 1.807) is 6.92 Å². The van der Waals surface area contributed by atoms with Crippen molar-refractivity contribution in [1.82, 2.24) is 4.57 Å². The Hall–Kier alpha value is -4.18. The van der Waals surface area contributed by atoms with Gasteiger partial charge in [0.25, 0.3) is 5.69 Å². The average molecular weight is 564 g/mol. The predicted molar refractivity (Wildman–Crippen MR) is 142 cm³/mol. The van der Waals surface area contributed by atoms with E-state index in [-0.39, 0.29) is 23.6 Å². The normalized spacial score (nSPS) is 15.3. The van der Waals surface area contributed by atoms with Crippen molar-refractivity contribution in [2.75, 3.05) is 11.9 Å². The molecule has 0 radical (unpaired) electrons. The number of nitrogens with one attached hydrogen (secondary N) is 1. The summed E-state index contributed by atoms with van der Waals surface area (Å²) in [6.07, 6.45) is -1.06. The van der Waals surface area contributed by atoms with E-state index in [4.69, 9.17) is 9.47 Å². The van der Waals surface area contributed by atoms with Crippen molar-refractivity contribution in [2.24, 2.45) is 0 Å². The second-order valence-corrected chi connectivity index (χ2v) is 9.32. The van der Waals surface area contributed by atoms with E-state index in [0.29, 0.717) is 11.3 Å². The number of aryl methyl sites for hydroxylation is 1. The number of hydrogen-bond donors (Lipinski definition) is 1. The van der Waals surface area contributed by atoms with Gasteiger partial charge < -0.3 is 19.4 Å². The van der Waals surface area contributed by atoms with E-state index in [2.05, 4.69) is 38.8 Å². The molecule has 1 unspecified atom stereocenters. The van der Waals surface area contributed by atoms with Crippen molar-refractivity contribution in [3.8, 4) is 0 Å². The molecule has 9 nitrogen and oxygen atoms in total. The number of nitrogens with zero attached hydrogens (tertiary/aromatic N) is 2. The molecule has 0 saturated carbocycles. The third-order valence-corrected chi connectivity index (χ3v) is 6.77. The number of aromatic nitrogens is 1. The number of carbonyl (C=O) groups is 2. The van der Waals surface area contributed by atoms with Crippen LogP contribution in [-0.2, 0) is 25.6 Å². The van der Waals surface area contributed by atoms with Gasteiger partial charge in [-0.2, -0.15) is 0 Å². The lowest BCUT2D eigenvalue weighted by molar-refractivity contribution is -0.384. The molecular formula is C27H22BrN3O6. The van der Waals surface area contributed by atoms with E-state index < -0.39 is 23.0 Å². The van der Waals surface area contributed by atoms with Crippen molar-refractivity contribution in [2.45, 2.75) is 26.5 Å². The average Bonchev–Trinajstić information content (AvgIpc) is 3.37. The zero-order valence-electron chi connectivity index (χ0n) is 20.0. The molecule has 0 bridgehead atoms. The molecule has 1 aliphatic heterocycles. The number of hydrogen-bond acceptors (Lipinski definition) is 7. The van der Waals surface area contributed by atoms with Crippen LogP contribution in [0.2, 0.25) is 0 Å². The van der Waals surface area contributed by atoms with Crippen LogP contribution in [0.25, 0.3) is 21.8 Å². The second-order valence-electron chi connectivity index (χ2n) is 8.41. The van der Waals surface area contributed by atoms with Gasteiger partial charge in [0.15, 0.2) is 6.10 Å². The number of rotatable bonds is 7. The minimum atomic E-state index is -1.06. The molecule has 1 aromatic heterocycles. The Morgan fingerprint density at radius 2 is 1.76 bits per heavy atom. The third-order valence-electron chi connectivity index (χ3n) is 6.28. The number of carbonyl (C=O) groups excluding carboxylic acids is 2. The van der Waals surface area contributed by atoms with Crippen LogP contribution < -0.4 is 5.32 Å². The van der Waals surface area contributed by atoms with E-state index in [1.807, 2.05) is 30.3 Å². The minimum Gasteiger partial charge on any atom is -0.462 e. The quantitative estimate of drug-likeness (QED) is 0.166. The zero-order chi connectivity index (χ0) is 26.3. The number of nitro groups is 1. The van der Waals surface area contributed by atoms with Crippen LogP contribution in [0.1, 0.15) is 25.5 Å². The molecule has 0 amide bonds. The fraction of sp³-hybridized carbons (Fsp3) is 0.185. The number of ether oxygens (including phenoxy) is 2. The van der Waals surface area contributed by atoms with Gasteiger partial charge in [-0.3, -0.25) is 10.1 Å². The Morgan fingerprint density at radius 1 is 1.08 bits per heavy atom. The van der Waals surface area contributed by atoms with Gasteiger partial charge in [0.1, 0.15) is 11.3 Å². The van der Waals surface area contributed by atoms with E-state index in [9.17, 15) is 19.7 Å². The van der Waals surface area contributed by atoms with Crippen LogP contribution in [0.5, 0.6) is 0 Å². The first-order chi connectivity index (χ1) is 17.8. The Kier molecular flexibility index (Phi) is 6.43. The summed E-state index contributed by atoms with van der Waals surface area (Å²) >= 11 is 3.54. The number of esters is 2. The first kappa shape index (κ1) is 24.5. The predicted octanol–water partition coefficient (Wildman–Crippen LogP) is 6.01. The number of fused-ring (bicyclic) bond motifs is 3. The summed E-state index contributed by atoms with van der Waals surface area (Å²) in [6, 6.07) is 17.3. The first-order valence-electron chi connectivity index (χ1n) is 11.7. The van der Waals surface area contributed by atoms with Gasteiger partial charge in [0.2, 0.25) is 0 Å². The molecule has 10 heteroatoms. The molecule has 1 atom stereocenters. The molecule has 0 spiro atoms. The fourth-order valence-corrected chi connectivity index (χ4v) is 5.01. The summed E-state index contributed by atoms with van der Waals surface area (Å²) in [5.41, 5.74) is 3.02. The van der Waals surface area contributed by atoms with E-state index in [1.165, 1.54) is 24.3 Å². The number of anilines is 1. The molecule has 3 aromatic carbocycles. The molecule has 4 aromatic rings. The van der Waals surface area contributed by atoms with Gasteiger partial charge in [0.05, 0.1) is 11.5 Å². The van der Waals surface area contributed by atoms with Gasteiger partial charge in [-0.1, -0.05) is 15.9 Å². The molecule has 5 rings (SSSR count). The van der Waals surface area contributed by atoms with Crippen LogP contribution in [-0.4, -0.2) is 28.0 Å². The van der Waals surface area contributed by atoms with Crippen LogP contribution in [0.15, 0.2) is 76.4 Å². The summed E-state index contributed by atoms with van der Waals surface area (Å²) in [4.78, 5) is 36.4. The molecule has 188 valence electrons. The number of benzene rings is 3. The summed E-state index contributed by atoms with van der Waals surface area (Å²) in [5, 5.41) is 16.2. The number of nitro benzene ring substituents is 1. The maximum absolute atomic E-state index is 13.0. The molecular weight excluding hydrogens is 542 g/mol. The van der Waals surface area contributed by atoms with Crippen LogP contribution in [0.4, 0.5) is 11.4 Å². The molecule has 0 fully saturated rings. The highest BCUT2D eigenvalue weighted by atomic mass is 79.9. The van der Waals surface area contributed by atoms with Crippen molar-refractivity contribution in [3.05, 3.63) is 92.1 Å². The smallest absolute Gasteiger partial charge is 0.356 e. The SMILES string of the molecule is CCOC(=O)C1=C(Nc2ccc3c(c2)c2cc(Br)ccc2n3CC)C(=O)OC1c1ccc([N+](=O)[O-])cc1. The summed E-state index contributed by atoms with van der Waals surface area (Å²) in [5.74, 6) is -1.42. The Balaban J connectivity index is 1.59. The van der Waals surface area contributed by atoms with Crippen LogP contribution in [0.3, 0.4) is 0 Å². The Labute approximate surface area is 219 Å². The second kappa shape index (κ2) is 9.70. The minimum absolute atomic E-state index is 0.0135. The van der Waals surface area contributed by atoms with Crippen LogP contribution in [0, 0.1) is 10.1 Å². The highest BCUT2D eigenvalue weighted by Crippen LogP contribution is 2.38. The lowest BCUT2D eigenvalue weighted by Gasteiger charge is -2.13. The fourth-order valence-electron chi connectivity index (χ4n) is 4.65.